The molecule has 1 aliphatic rings. The number of rotatable bonds is 2. The Hall–Kier alpha value is -1.99. The van der Waals surface area contributed by atoms with Gasteiger partial charge in [-0.05, 0) is 6.92 Å². The van der Waals surface area contributed by atoms with E-state index in [0.29, 0.717) is 0 Å². The van der Waals surface area contributed by atoms with Crippen LogP contribution < -0.4 is 11.4 Å². The highest BCUT2D eigenvalue weighted by Crippen LogP contribution is 2.37. The lowest BCUT2D eigenvalue weighted by Crippen LogP contribution is -2.48. The number of aromatic amines is 1. The Labute approximate surface area is 112 Å². The summed E-state index contributed by atoms with van der Waals surface area (Å²) >= 11 is 0. The van der Waals surface area contributed by atoms with E-state index >= 15 is 0 Å². The third kappa shape index (κ3) is 2.14. The lowest BCUT2D eigenvalue weighted by Gasteiger charge is -2.26. The minimum Gasteiger partial charge on any atom is -0.394 e. The lowest BCUT2D eigenvalue weighted by atomic mass is 9.94. The van der Waals surface area contributed by atoms with Crippen LogP contribution in [0.25, 0.3) is 0 Å². The number of nitrogens with zero attached hydrogens (tertiary/aromatic N) is 2. The lowest BCUT2D eigenvalue weighted by molar-refractivity contribution is -0.0771. The van der Waals surface area contributed by atoms with Crippen LogP contribution in [-0.2, 0) is 4.74 Å². The van der Waals surface area contributed by atoms with E-state index in [2.05, 4.69) is 16.8 Å². The van der Waals surface area contributed by atoms with E-state index in [1.165, 1.54) is 6.92 Å². The van der Waals surface area contributed by atoms with Crippen LogP contribution in [-0.4, -0.2) is 54.3 Å². The van der Waals surface area contributed by atoms with Crippen LogP contribution in [0.5, 0.6) is 0 Å². The molecule has 4 atom stereocenters. The van der Waals surface area contributed by atoms with E-state index in [9.17, 15) is 19.8 Å². The molecule has 2 rings (SSSR count). The SMILES string of the molecule is CC#C[C@@]1(O)C(O)[C@@H](CO)O[C@H]1n1cnc(=O)[nH]c1=O. The Bertz CT molecular complexity index is 671. The molecule has 1 aromatic rings. The average molecular weight is 283 g/mol. The predicted octanol–water partition coefficient (Wildman–Crippen LogP) is -3.06. The summed E-state index contributed by atoms with van der Waals surface area (Å²) in [5.74, 6) is 4.79. The van der Waals surface area contributed by atoms with Gasteiger partial charge in [0.2, 0.25) is 0 Å². The molecular formula is C11H13N3O6. The van der Waals surface area contributed by atoms with Crippen LogP contribution >= 0.6 is 0 Å². The molecule has 1 saturated heterocycles. The summed E-state index contributed by atoms with van der Waals surface area (Å²) in [6.45, 7) is 0.860. The summed E-state index contributed by atoms with van der Waals surface area (Å²) in [4.78, 5) is 27.9. The highest BCUT2D eigenvalue weighted by molar-refractivity contribution is 5.21. The molecule has 0 aromatic carbocycles. The summed E-state index contributed by atoms with van der Waals surface area (Å²) in [7, 11) is 0. The zero-order chi connectivity index (χ0) is 14.9. The fourth-order valence-electron chi connectivity index (χ4n) is 2.05. The predicted molar refractivity (Wildman–Crippen MR) is 64.5 cm³/mol. The van der Waals surface area contributed by atoms with Crippen molar-refractivity contribution in [2.75, 3.05) is 6.61 Å². The second-order valence-corrected chi connectivity index (χ2v) is 4.24. The molecule has 0 saturated carbocycles. The maximum Gasteiger partial charge on any atom is 0.350 e. The number of aliphatic hydroxyl groups is 3. The van der Waals surface area contributed by atoms with Gasteiger partial charge in [-0.15, -0.1) is 5.92 Å². The van der Waals surface area contributed by atoms with Gasteiger partial charge in [0.25, 0.3) is 0 Å². The highest BCUT2D eigenvalue weighted by atomic mass is 16.6. The minimum absolute atomic E-state index is 0.573. The first-order valence-corrected chi connectivity index (χ1v) is 5.72. The topological polar surface area (TPSA) is 138 Å². The minimum atomic E-state index is -2.11. The first-order valence-electron chi connectivity index (χ1n) is 5.72. The number of aromatic nitrogens is 3. The summed E-state index contributed by atoms with van der Waals surface area (Å²) < 4.78 is 6.04. The first-order chi connectivity index (χ1) is 9.43. The first kappa shape index (κ1) is 14.4. The number of ether oxygens (including phenoxy) is 1. The monoisotopic (exact) mass is 283 g/mol. The van der Waals surface area contributed by atoms with Crippen LogP contribution in [0.4, 0.5) is 0 Å². The summed E-state index contributed by atoms with van der Waals surface area (Å²) in [5.41, 5.74) is -3.84. The number of hydrogen-bond donors (Lipinski definition) is 4. The molecule has 1 unspecified atom stereocenters. The van der Waals surface area contributed by atoms with Crippen LogP contribution in [0.1, 0.15) is 13.2 Å². The van der Waals surface area contributed by atoms with E-state index in [0.717, 1.165) is 10.9 Å². The molecule has 4 N–H and O–H groups in total. The highest BCUT2D eigenvalue weighted by Gasteiger charge is 2.55. The van der Waals surface area contributed by atoms with Crippen LogP contribution in [0.2, 0.25) is 0 Å². The quantitative estimate of drug-likeness (QED) is 0.423. The molecule has 0 bridgehead atoms. The van der Waals surface area contributed by atoms with Gasteiger partial charge in [0.05, 0.1) is 6.61 Å². The van der Waals surface area contributed by atoms with Crippen LogP contribution in [0, 0.1) is 11.8 Å². The van der Waals surface area contributed by atoms with Gasteiger partial charge >= 0.3 is 11.4 Å². The van der Waals surface area contributed by atoms with Crippen molar-refractivity contribution in [2.45, 2.75) is 31.0 Å². The molecular weight excluding hydrogens is 270 g/mol. The van der Waals surface area contributed by atoms with E-state index in [1.54, 1.807) is 0 Å². The van der Waals surface area contributed by atoms with Gasteiger partial charge in [0, 0.05) is 0 Å². The van der Waals surface area contributed by atoms with E-state index < -0.39 is 42.0 Å². The third-order valence-corrected chi connectivity index (χ3v) is 2.99. The molecule has 1 aliphatic heterocycles. The number of hydrogen-bond acceptors (Lipinski definition) is 7. The summed E-state index contributed by atoms with van der Waals surface area (Å²) in [6, 6.07) is 0. The molecule has 1 aromatic heterocycles. The third-order valence-electron chi connectivity index (χ3n) is 2.99. The molecule has 108 valence electrons. The largest absolute Gasteiger partial charge is 0.394 e. The zero-order valence-electron chi connectivity index (χ0n) is 10.5. The van der Waals surface area contributed by atoms with Gasteiger partial charge in [-0.3, -0.25) is 9.55 Å². The molecule has 9 heteroatoms. The average Bonchev–Trinajstić information content (AvgIpc) is 2.63. The molecule has 9 nitrogen and oxygen atoms in total. The van der Waals surface area contributed by atoms with Gasteiger partial charge in [0.15, 0.2) is 11.8 Å². The van der Waals surface area contributed by atoms with Crippen molar-refractivity contribution >= 4 is 0 Å². The number of H-pyrrole nitrogens is 1. The maximum atomic E-state index is 11.7. The van der Waals surface area contributed by atoms with Crippen LogP contribution in [0.15, 0.2) is 15.9 Å². The van der Waals surface area contributed by atoms with Crippen molar-refractivity contribution < 1.29 is 20.1 Å². The van der Waals surface area contributed by atoms with E-state index in [-0.39, 0.29) is 0 Å². The van der Waals surface area contributed by atoms with Crippen molar-refractivity contribution in [3.63, 3.8) is 0 Å². The Morgan fingerprint density at radius 2 is 2.30 bits per heavy atom. The Balaban J connectivity index is 2.55. The Morgan fingerprint density at radius 1 is 1.60 bits per heavy atom. The van der Waals surface area contributed by atoms with Crippen LogP contribution in [0.3, 0.4) is 0 Å². The Morgan fingerprint density at radius 3 is 2.85 bits per heavy atom. The smallest absolute Gasteiger partial charge is 0.350 e. The number of nitrogens with one attached hydrogen (secondary N) is 1. The van der Waals surface area contributed by atoms with E-state index in [4.69, 9.17) is 9.84 Å². The fraction of sp³-hybridized carbons (Fsp3) is 0.545. The second kappa shape index (κ2) is 5.18. The zero-order valence-corrected chi connectivity index (χ0v) is 10.5. The molecule has 1 fully saturated rings. The van der Waals surface area contributed by atoms with Crippen molar-refractivity contribution in [2.24, 2.45) is 0 Å². The van der Waals surface area contributed by atoms with Crippen molar-refractivity contribution in [3.05, 3.63) is 27.3 Å². The fourth-order valence-corrected chi connectivity index (χ4v) is 2.05. The normalized spacial score (nSPS) is 32.7. The standard InChI is InChI=1S/C11H13N3O6/c1-2-3-11(19)7(16)6(4-15)20-8(11)14-5-12-9(17)13-10(14)18/h5-8,15-16,19H,4H2,1H3,(H,13,17,18)/t6-,7?,8-,11-/m1/s1. The summed E-state index contributed by atoms with van der Waals surface area (Å²) in [5, 5.41) is 29.5. The molecule has 0 spiro atoms. The number of aliphatic hydroxyl groups excluding tert-OH is 2. The molecule has 0 amide bonds. The second-order valence-electron chi connectivity index (χ2n) is 4.24. The van der Waals surface area contributed by atoms with Crippen molar-refractivity contribution in [1.82, 2.24) is 14.5 Å². The molecule has 0 radical (unpaired) electrons. The molecule has 20 heavy (non-hydrogen) atoms. The van der Waals surface area contributed by atoms with Gasteiger partial charge < -0.3 is 20.1 Å². The molecule has 0 aliphatic carbocycles. The van der Waals surface area contributed by atoms with Gasteiger partial charge in [-0.1, -0.05) is 5.92 Å². The van der Waals surface area contributed by atoms with Gasteiger partial charge in [-0.25, -0.2) is 9.59 Å². The van der Waals surface area contributed by atoms with Gasteiger partial charge in [0.1, 0.15) is 18.5 Å². The maximum absolute atomic E-state index is 11.7. The summed E-state index contributed by atoms with van der Waals surface area (Å²) in [6.07, 6.45) is -3.17. The Kier molecular flexibility index (Phi) is 3.74. The van der Waals surface area contributed by atoms with Crippen molar-refractivity contribution in [3.8, 4) is 11.8 Å². The molecule has 2 heterocycles. The van der Waals surface area contributed by atoms with E-state index in [1.807, 2.05) is 4.98 Å². The van der Waals surface area contributed by atoms with Gasteiger partial charge in [-0.2, -0.15) is 4.98 Å². The van der Waals surface area contributed by atoms with Crippen molar-refractivity contribution in [1.29, 1.82) is 0 Å².